The van der Waals surface area contributed by atoms with Crippen molar-refractivity contribution in [3.8, 4) is 0 Å². The first-order valence-electron chi connectivity index (χ1n) is 8.31. The molecule has 118 valence electrons. The number of hydrogen-bond acceptors (Lipinski definition) is 4. The van der Waals surface area contributed by atoms with E-state index in [9.17, 15) is 0 Å². The van der Waals surface area contributed by atoms with Crippen molar-refractivity contribution >= 4 is 0 Å². The molecule has 1 saturated heterocycles. The van der Waals surface area contributed by atoms with E-state index in [0.29, 0.717) is 5.92 Å². The van der Waals surface area contributed by atoms with Crippen LogP contribution in [0, 0.1) is 5.92 Å². The number of likely N-dealkylation sites (tertiary alicyclic amines) is 1. The molecule has 0 bridgehead atoms. The Bertz CT molecular complexity index is 600. The predicted octanol–water partition coefficient (Wildman–Crippen LogP) is 3.11. The van der Waals surface area contributed by atoms with E-state index in [1.807, 2.05) is 0 Å². The van der Waals surface area contributed by atoms with Gasteiger partial charge in [0.1, 0.15) is 0 Å². The molecule has 0 unspecified atom stereocenters. The van der Waals surface area contributed by atoms with Gasteiger partial charge in [-0.2, -0.15) is 4.98 Å². The van der Waals surface area contributed by atoms with E-state index in [-0.39, 0.29) is 0 Å². The fourth-order valence-electron chi connectivity index (χ4n) is 3.20. The molecule has 2 heterocycles. The number of aryl methyl sites for hydroxylation is 1. The van der Waals surface area contributed by atoms with Crippen molar-refractivity contribution in [2.45, 2.75) is 39.0 Å². The second-order valence-electron chi connectivity index (χ2n) is 6.35. The van der Waals surface area contributed by atoms with Crippen molar-refractivity contribution in [1.29, 1.82) is 0 Å². The van der Waals surface area contributed by atoms with Gasteiger partial charge in [-0.25, -0.2) is 0 Å². The second-order valence-corrected chi connectivity index (χ2v) is 6.35. The standard InChI is InChI=1S/C18H25N3O/c1-3-15-6-4-5-7-16(15)13-17-19-18(22-20-17)12-14-8-10-21(2)11-9-14/h4-7,14H,3,8-13H2,1-2H3. The molecular weight excluding hydrogens is 274 g/mol. The number of nitrogens with zero attached hydrogens (tertiary/aromatic N) is 3. The van der Waals surface area contributed by atoms with Gasteiger partial charge in [-0.1, -0.05) is 36.3 Å². The van der Waals surface area contributed by atoms with Gasteiger partial charge >= 0.3 is 0 Å². The van der Waals surface area contributed by atoms with Crippen molar-refractivity contribution < 1.29 is 4.52 Å². The lowest BCUT2D eigenvalue weighted by atomic mass is 9.94. The largest absolute Gasteiger partial charge is 0.339 e. The molecule has 0 N–H and O–H groups in total. The van der Waals surface area contributed by atoms with E-state index in [0.717, 1.165) is 31.0 Å². The van der Waals surface area contributed by atoms with Crippen LogP contribution in [0.4, 0.5) is 0 Å². The van der Waals surface area contributed by atoms with Crippen LogP contribution in [0.1, 0.15) is 42.6 Å². The Morgan fingerprint density at radius 2 is 1.91 bits per heavy atom. The van der Waals surface area contributed by atoms with E-state index >= 15 is 0 Å². The van der Waals surface area contributed by atoms with E-state index in [4.69, 9.17) is 4.52 Å². The van der Waals surface area contributed by atoms with Gasteiger partial charge in [0.25, 0.3) is 0 Å². The number of hydrogen-bond donors (Lipinski definition) is 0. The number of rotatable bonds is 5. The highest BCUT2D eigenvalue weighted by Gasteiger charge is 2.20. The number of aromatic nitrogens is 2. The summed E-state index contributed by atoms with van der Waals surface area (Å²) in [5.74, 6) is 2.30. The van der Waals surface area contributed by atoms with Crippen LogP contribution >= 0.6 is 0 Å². The summed E-state index contributed by atoms with van der Waals surface area (Å²) in [4.78, 5) is 6.99. The van der Waals surface area contributed by atoms with Gasteiger partial charge in [-0.15, -0.1) is 0 Å². The molecule has 1 aliphatic heterocycles. The first-order chi connectivity index (χ1) is 10.7. The van der Waals surface area contributed by atoms with Crippen molar-refractivity contribution in [2.24, 2.45) is 5.92 Å². The van der Waals surface area contributed by atoms with Crippen molar-refractivity contribution in [1.82, 2.24) is 15.0 Å². The first kappa shape index (κ1) is 15.2. The molecule has 0 atom stereocenters. The van der Waals surface area contributed by atoms with E-state index < -0.39 is 0 Å². The normalized spacial score (nSPS) is 17.0. The Morgan fingerprint density at radius 3 is 2.64 bits per heavy atom. The zero-order chi connectivity index (χ0) is 15.4. The summed E-state index contributed by atoms with van der Waals surface area (Å²) >= 11 is 0. The maximum atomic E-state index is 5.47. The monoisotopic (exact) mass is 299 g/mol. The first-order valence-corrected chi connectivity index (χ1v) is 8.31. The molecular formula is C18H25N3O. The predicted molar refractivity (Wildman–Crippen MR) is 86.8 cm³/mol. The zero-order valence-electron chi connectivity index (χ0n) is 13.6. The van der Waals surface area contributed by atoms with Crippen LogP contribution in [0.2, 0.25) is 0 Å². The highest BCUT2D eigenvalue weighted by Crippen LogP contribution is 2.20. The molecule has 4 nitrogen and oxygen atoms in total. The summed E-state index contributed by atoms with van der Waals surface area (Å²) in [6.45, 7) is 4.53. The highest BCUT2D eigenvalue weighted by atomic mass is 16.5. The fraction of sp³-hybridized carbons (Fsp3) is 0.556. The molecule has 0 aliphatic carbocycles. The Kier molecular flexibility index (Phi) is 4.88. The van der Waals surface area contributed by atoms with Gasteiger partial charge in [0.2, 0.25) is 5.89 Å². The smallest absolute Gasteiger partial charge is 0.226 e. The molecule has 1 aromatic heterocycles. The van der Waals surface area contributed by atoms with Gasteiger partial charge in [0, 0.05) is 12.8 Å². The lowest BCUT2D eigenvalue weighted by Crippen LogP contribution is -2.30. The summed E-state index contributed by atoms with van der Waals surface area (Å²) < 4.78 is 5.47. The molecule has 1 aromatic carbocycles. The SMILES string of the molecule is CCc1ccccc1Cc1noc(CC2CCN(C)CC2)n1. The third-order valence-electron chi connectivity index (χ3n) is 4.66. The molecule has 1 aliphatic rings. The molecule has 22 heavy (non-hydrogen) atoms. The quantitative estimate of drug-likeness (QED) is 0.851. The van der Waals surface area contributed by atoms with E-state index in [1.165, 1.54) is 37.1 Å². The lowest BCUT2D eigenvalue weighted by molar-refractivity contribution is 0.208. The minimum Gasteiger partial charge on any atom is -0.339 e. The van der Waals surface area contributed by atoms with E-state index in [2.05, 4.69) is 53.3 Å². The topological polar surface area (TPSA) is 42.2 Å². The molecule has 2 aromatic rings. The van der Waals surface area contributed by atoms with Crippen LogP contribution in [0.15, 0.2) is 28.8 Å². The molecule has 4 heteroatoms. The van der Waals surface area contributed by atoms with Crippen LogP contribution in [0.5, 0.6) is 0 Å². The van der Waals surface area contributed by atoms with Crippen LogP contribution in [0.3, 0.4) is 0 Å². The Hall–Kier alpha value is -1.68. The van der Waals surface area contributed by atoms with Gasteiger partial charge in [0.05, 0.1) is 0 Å². The van der Waals surface area contributed by atoms with Gasteiger partial charge in [-0.05, 0) is 56.4 Å². The maximum Gasteiger partial charge on any atom is 0.226 e. The molecule has 3 rings (SSSR count). The lowest BCUT2D eigenvalue weighted by Gasteiger charge is -2.27. The summed E-state index contributed by atoms with van der Waals surface area (Å²) in [7, 11) is 2.19. The molecule has 0 amide bonds. The minimum absolute atomic E-state index is 0.687. The number of benzene rings is 1. The number of piperidine rings is 1. The van der Waals surface area contributed by atoms with Crippen molar-refractivity contribution in [3.05, 3.63) is 47.1 Å². The molecule has 0 radical (unpaired) electrons. The summed E-state index contributed by atoms with van der Waals surface area (Å²) in [5.41, 5.74) is 2.67. The Morgan fingerprint density at radius 1 is 1.18 bits per heavy atom. The van der Waals surface area contributed by atoms with E-state index in [1.54, 1.807) is 0 Å². The highest BCUT2D eigenvalue weighted by molar-refractivity contribution is 5.29. The Balaban J connectivity index is 1.61. The fourth-order valence-corrected chi connectivity index (χ4v) is 3.20. The maximum absolute atomic E-state index is 5.47. The third kappa shape index (κ3) is 3.74. The van der Waals surface area contributed by atoms with Crippen molar-refractivity contribution in [2.75, 3.05) is 20.1 Å². The second kappa shape index (κ2) is 7.05. The minimum atomic E-state index is 0.687. The van der Waals surface area contributed by atoms with Gasteiger partial charge in [-0.3, -0.25) is 0 Å². The van der Waals surface area contributed by atoms with Gasteiger partial charge in [0.15, 0.2) is 5.82 Å². The van der Waals surface area contributed by atoms with Crippen LogP contribution < -0.4 is 0 Å². The average Bonchev–Trinajstić information content (AvgIpc) is 2.97. The molecule has 1 fully saturated rings. The zero-order valence-corrected chi connectivity index (χ0v) is 13.6. The summed E-state index contributed by atoms with van der Waals surface area (Å²) in [6, 6.07) is 8.50. The summed E-state index contributed by atoms with van der Waals surface area (Å²) in [5, 5.41) is 4.17. The van der Waals surface area contributed by atoms with Crippen LogP contribution in [0.25, 0.3) is 0 Å². The third-order valence-corrected chi connectivity index (χ3v) is 4.66. The van der Waals surface area contributed by atoms with Crippen LogP contribution in [-0.4, -0.2) is 35.2 Å². The van der Waals surface area contributed by atoms with Crippen LogP contribution in [-0.2, 0) is 19.3 Å². The Labute approximate surface area is 132 Å². The molecule has 0 saturated carbocycles. The molecule has 0 spiro atoms. The average molecular weight is 299 g/mol. The van der Waals surface area contributed by atoms with Gasteiger partial charge < -0.3 is 9.42 Å². The van der Waals surface area contributed by atoms with Crippen molar-refractivity contribution in [3.63, 3.8) is 0 Å². The summed E-state index contributed by atoms with van der Waals surface area (Å²) in [6.07, 6.45) is 5.19.